The van der Waals surface area contributed by atoms with E-state index in [-0.39, 0.29) is 48.2 Å². The van der Waals surface area contributed by atoms with E-state index < -0.39 is 59.0 Å². The smallest absolute Gasteiger partial charge is 0.254 e. The fourth-order valence-corrected chi connectivity index (χ4v) is 6.38. The number of methoxy groups -OCH3 is 2. The first-order valence-electron chi connectivity index (χ1n) is 18.4. The fourth-order valence-electron chi connectivity index (χ4n) is 6.38. The number of nitrogens with one attached hydrogen (secondary N) is 2. The highest BCUT2D eigenvalue weighted by atomic mass is 19.1. The summed E-state index contributed by atoms with van der Waals surface area (Å²) in [6.45, 7) is 7.41. The zero-order chi connectivity index (χ0) is 43.3. The van der Waals surface area contributed by atoms with Gasteiger partial charge in [0.1, 0.15) is 46.9 Å². The van der Waals surface area contributed by atoms with Crippen molar-refractivity contribution < 1.29 is 46.2 Å². The van der Waals surface area contributed by atoms with Crippen LogP contribution in [0.1, 0.15) is 31.8 Å². The Kier molecular flexibility index (Phi) is 14.9. The van der Waals surface area contributed by atoms with Gasteiger partial charge < -0.3 is 29.9 Å². The van der Waals surface area contributed by atoms with Crippen LogP contribution in [-0.4, -0.2) is 68.0 Å². The van der Waals surface area contributed by atoms with Crippen LogP contribution in [0.15, 0.2) is 129 Å². The molecule has 0 unspecified atom stereocenters. The van der Waals surface area contributed by atoms with Gasteiger partial charge in [-0.05, 0) is 90.0 Å². The number of ether oxygens (including phenoxy) is 2. The summed E-state index contributed by atoms with van der Waals surface area (Å²) in [6, 6.07) is 16.6. The van der Waals surface area contributed by atoms with Crippen LogP contribution in [0.4, 0.5) is 28.9 Å². The highest BCUT2D eigenvalue weighted by molar-refractivity contribution is 6.10. The number of halogens is 4. The average Bonchev–Trinajstić information content (AvgIpc) is 3.23. The van der Waals surface area contributed by atoms with Crippen LogP contribution >= 0.6 is 0 Å². The number of hydrogen-bond donors (Lipinski definition) is 2. The van der Waals surface area contributed by atoms with Gasteiger partial charge in [-0.1, -0.05) is 12.2 Å². The number of benzene rings is 4. The van der Waals surface area contributed by atoms with Crippen LogP contribution < -0.4 is 29.9 Å². The van der Waals surface area contributed by atoms with Gasteiger partial charge in [0.25, 0.3) is 11.8 Å². The highest BCUT2D eigenvalue weighted by Crippen LogP contribution is 2.24. The third kappa shape index (κ3) is 11.2. The lowest BCUT2D eigenvalue weighted by Gasteiger charge is -2.28. The second-order valence-electron chi connectivity index (χ2n) is 13.3. The Morgan fingerprint density at radius 3 is 1.37 bits per heavy atom. The number of hydrogen-bond acceptors (Lipinski definition) is 7. The summed E-state index contributed by atoms with van der Waals surface area (Å²) >= 11 is 0. The molecular weight excluding hydrogens is 783 g/mol. The lowest BCUT2D eigenvalue weighted by Crippen LogP contribution is -2.51. The molecule has 0 saturated heterocycles. The lowest BCUT2D eigenvalue weighted by atomic mass is 10.0. The summed E-state index contributed by atoms with van der Waals surface area (Å²) in [7, 11) is 2.95. The summed E-state index contributed by atoms with van der Waals surface area (Å²) in [6.07, 6.45) is 4.44. The zero-order valence-electron chi connectivity index (χ0n) is 32.7. The fraction of sp³-hybridized carbons (Fsp3) is 0.178. The predicted octanol–water partition coefficient (Wildman–Crippen LogP) is 6.78. The van der Waals surface area contributed by atoms with E-state index in [0.29, 0.717) is 35.0 Å². The third-order valence-electron chi connectivity index (χ3n) is 9.17. The van der Waals surface area contributed by atoms with Gasteiger partial charge in [-0.25, -0.2) is 17.6 Å². The molecule has 5 rings (SSSR count). The minimum Gasteiger partial charge on any atom is -0.497 e. The van der Waals surface area contributed by atoms with E-state index >= 15 is 0 Å². The van der Waals surface area contributed by atoms with E-state index in [1.165, 1.54) is 48.4 Å². The number of carbonyl (C=O) groups excluding carboxylic acids is 4. The van der Waals surface area contributed by atoms with E-state index in [4.69, 9.17) is 9.47 Å². The first-order chi connectivity index (χ1) is 28.8. The molecular formula is C45H41F4N5O6. The first kappa shape index (κ1) is 43.8. The number of nitrogens with zero attached hydrogens (tertiary/aromatic N) is 3. The van der Waals surface area contributed by atoms with E-state index in [9.17, 15) is 36.7 Å². The number of aromatic nitrogens is 1. The molecule has 310 valence electrons. The molecule has 15 heteroatoms. The molecule has 60 heavy (non-hydrogen) atoms. The summed E-state index contributed by atoms with van der Waals surface area (Å²) in [5.74, 6) is -5.91. The van der Waals surface area contributed by atoms with Crippen LogP contribution in [0.2, 0.25) is 0 Å². The molecule has 1 heterocycles. The van der Waals surface area contributed by atoms with Gasteiger partial charge in [0, 0.05) is 61.8 Å². The molecule has 2 N–H and O–H groups in total. The molecule has 0 saturated carbocycles. The monoisotopic (exact) mass is 823 g/mol. The van der Waals surface area contributed by atoms with Crippen LogP contribution in [0, 0.1) is 23.3 Å². The van der Waals surface area contributed by atoms with Gasteiger partial charge in [0.2, 0.25) is 11.8 Å². The second kappa shape index (κ2) is 20.4. The Labute approximate surface area is 343 Å². The van der Waals surface area contributed by atoms with Crippen molar-refractivity contribution in [3.8, 4) is 11.5 Å². The first-order valence-corrected chi connectivity index (χ1v) is 18.4. The Balaban J connectivity index is 1.49. The molecule has 1 aromatic heterocycles. The third-order valence-corrected chi connectivity index (χ3v) is 9.17. The number of pyridine rings is 1. The zero-order valence-corrected chi connectivity index (χ0v) is 32.7. The largest absolute Gasteiger partial charge is 0.497 e. The molecule has 4 aromatic carbocycles. The minimum atomic E-state index is -1.47. The van der Waals surface area contributed by atoms with Crippen molar-refractivity contribution in [3.05, 3.63) is 174 Å². The minimum absolute atomic E-state index is 0.0258. The molecule has 0 radical (unpaired) electrons. The summed E-state index contributed by atoms with van der Waals surface area (Å²) in [5, 5.41) is 5.23. The van der Waals surface area contributed by atoms with E-state index in [1.807, 2.05) is 0 Å². The van der Waals surface area contributed by atoms with Gasteiger partial charge in [-0.2, -0.15) is 0 Å². The van der Waals surface area contributed by atoms with E-state index in [2.05, 4.69) is 28.8 Å². The Morgan fingerprint density at radius 1 is 0.617 bits per heavy atom. The molecule has 0 aliphatic rings. The Morgan fingerprint density at radius 2 is 1.00 bits per heavy atom. The Bertz CT molecular complexity index is 2160. The topological polar surface area (TPSA) is 130 Å². The van der Waals surface area contributed by atoms with Crippen molar-refractivity contribution >= 4 is 35.0 Å². The summed E-state index contributed by atoms with van der Waals surface area (Å²) < 4.78 is 67.9. The maximum atomic E-state index is 14.3. The number of rotatable bonds is 18. The van der Waals surface area contributed by atoms with Gasteiger partial charge in [0.15, 0.2) is 0 Å². The normalized spacial score (nSPS) is 11.7. The van der Waals surface area contributed by atoms with Crippen molar-refractivity contribution in [3.63, 3.8) is 0 Å². The van der Waals surface area contributed by atoms with E-state index in [0.717, 1.165) is 30.5 Å². The van der Waals surface area contributed by atoms with E-state index in [1.54, 1.807) is 48.5 Å². The lowest BCUT2D eigenvalue weighted by molar-refractivity contribution is -0.121. The summed E-state index contributed by atoms with van der Waals surface area (Å²) in [4.78, 5) is 63.5. The molecule has 5 aromatic rings. The quantitative estimate of drug-likeness (QED) is 0.0737. The Hall–Kier alpha value is -7.29. The van der Waals surface area contributed by atoms with Crippen molar-refractivity contribution in [1.82, 2.24) is 15.6 Å². The standard InChI is InChI=1S/C45H41F4N5O6/c1-5-17-53(34-7-11-36(59-3)12-8-34)44(57)40(23-28-19-30(46)25-31(47)20-28)51-42(55)38-15-16-50-27-39(38)43(56)52-41(24-29-21-32(48)26-33(49)22-29)45(58)54(18-6-2)35-9-13-37(60-4)14-10-35/h5-16,19-22,25-27,40-41H,1-2,17-18,23-24H2,3-4H3,(H,51,55)(H,52,56)/t40-,41-/m0/s1. The van der Waals surface area contributed by atoms with Crippen LogP contribution in [-0.2, 0) is 22.4 Å². The maximum Gasteiger partial charge on any atom is 0.254 e. The van der Waals surface area contributed by atoms with Gasteiger partial charge >= 0.3 is 0 Å². The summed E-state index contributed by atoms with van der Waals surface area (Å²) in [5.41, 5.74) is 0.248. The molecule has 0 bridgehead atoms. The molecule has 4 amide bonds. The van der Waals surface area contributed by atoms with Crippen LogP contribution in [0.3, 0.4) is 0 Å². The molecule has 0 aliphatic heterocycles. The highest BCUT2D eigenvalue weighted by Gasteiger charge is 2.32. The van der Waals surface area contributed by atoms with Crippen molar-refractivity contribution in [2.75, 3.05) is 37.1 Å². The van der Waals surface area contributed by atoms with Crippen LogP contribution in [0.25, 0.3) is 0 Å². The maximum absolute atomic E-state index is 14.3. The number of amides is 4. The predicted molar refractivity (Wildman–Crippen MR) is 218 cm³/mol. The molecule has 0 spiro atoms. The second-order valence-corrected chi connectivity index (χ2v) is 13.3. The number of carbonyl (C=O) groups is 4. The van der Waals surface area contributed by atoms with Gasteiger partial charge in [-0.3, -0.25) is 24.2 Å². The molecule has 0 fully saturated rings. The molecule has 0 aliphatic carbocycles. The van der Waals surface area contributed by atoms with Gasteiger partial charge in [0.05, 0.1) is 25.3 Å². The number of anilines is 2. The van der Waals surface area contributed by atoms with Crippen molar-refractivity contribution in [2.45, 2.75) is 24.9 Å². The van der Waals surface area contributed by atoms with Crippen LogP contribution in [0.5, 0.6) is 11.5 Å². The SMILES string of the molecule is C=CCN(C(=O)[C@H](Cc1cc(F)cc(F)c1)NC(=O)c1ccncc1C(=O)N[C@@H](Cc1cc(F)cc(F)c1)C(=O)N(CC=C)c1ccc(OC)cc1)c1ccc(OC)cc1. The van der Waals surface area contributed by atoms with Crippen molar-refractivity contribution in [2.24, 2.45) is 0 Å². The average molecular weight is 824 g/mol. The molecule has 11 nitrogen and oxygen atoms in total. The van der Waals surface area contributed by atoms with Gasteiger partial charge in [-0.15, -0.1) is 13.2 Å². The van der Waals surface area contributed by atoms with Crippen molar-refractivity contribution in [1.29, 1.82) is 0 Å². The molecule has 2 atom stereocenters.